The first-order valence-corrected chi connectivity index (χ1v) is 9.52. The van der Waals surface area contributed by atoms with Crippen LogP contribution in [0.5, 0.6) is 0 Å². The van der Waals surface area contributed by atoms with Gasteiger partial charge in [-0.25, -0.2) is 9.37 Å². The van der Waals surface area contributed by atoms with Crippen LogP contribution in [0, 0.1) is 11.7 Å². The fourth-order valence-corrected chi connectivity index (χ4v) is 3.63. The van der Waals surface area contributed by atoms with Crippen LogP contribution in [-0.4, -0.2) is 49.0 Å². The quantitative estimate of drug-likeness (QED) is 0.880. The van der Waals surface area contributed by atoms with Gasteiger partial charge in [0, 0.05) is 44.8 Å². The lowest BCUT2D eigenvalue weighted by atomic mass is 10.1. The Balaban J connectivity index is 1.26. The van der Waals surface area contributed by atoms with Gasteiger partial charge in [-0.05, 0) is 48.7 Å². The van der Waals surface area contributed by atoms with E-state index < -0.39 is 0 Å². The molecular formula is C21H25FN4O. The van der Waals surface area contributed by atoms with Crippen molar-refractivity contribution in [3.63, 3.8) is 0 Å². The lowest BCUT2D eigenvalue weighted by Crippen LogP contribution is -2.44. The average Bonchev–Trinajstić information content (AvgIpc) is 3.49. The summed E-state index contributed by atoms with van der Waals surface area (Å²) >= 11 is 0. The SMILES string of the molecule is CN1CCN(c2ccc(CNC(=O)C3CC3c3ccc(F)cc3)cn2)CC1. The van der Waals surface area contributed by atoms with Crippen LogP contribution in [0.15, 0.2) is 42.6 Å². The molecule has 2 unspecified atom stereocenters. The molecular weight excluding hydrogens is 343 g/mol. The van der Waals surface area contributed by atoms with Gasteiger partial charge in [0.25, 0.3) is 0 Å². The number of hydrogen-bond donors (Lipinski definition) is 1. The number of carbonyl (C=O) groups is 1. The summed E-state index contributed by atoms with van der Waals surface area (Å²) in [4.78, 5) is 21.5. The van der Waals surface area contributed by atoms with Gasteiger partial charge in [0.1, 0.15) is 11.6 Å². The van der Waals surface area contributed by atoms with Gasteiger partial charge in [0.15, 0.2) is 0 Å². The van der Waals surface area contributed by atoms with Crippen LogP contribution >= 0.6 is 0 Å². The predicted molar refractivity (Wildman–Crippen MR) is 103 cm³/mol. The van der Waals surface area contributed by atoms with Gasteiger partial charge >= 0.3 is 0 Å². The summed E-state index contributed by atoms with van der Waals surface area (Å²) in [6, 6.07) is 10.5. The Morgan fingerprint density at radius 2 is 1.89 bits per heavy atom. The molecule has 27 heavy (non-hydrogen) atoms. The third-order valence-corrected chi connectivity index (χ3v) is 5.53. The number of likely N-dealkylation sites (N-methyl/N-ethyl adjacent to an activating group) is 1. The molecule has 0 bridgehead atoms. The molecule has 2 aliphatic rings. The summed E-state index contributed by atoms with van der Waals surface area (Å²) in [5, 5.41) is 3.00. The van der Waals surface area contributed by atoms with E-state index in [9.17, 15) is 9.18 Å². The Labute approximate surface area is 159 Å². The second-order valence-electron chi connectivity index (χ2n) is 7.53. The Morgan fingerprint density at radius 3 is 2.56 bits per heavy atom. The largest absolute Gasteiger partial charge is 0.354 e. The van der Waals surface area contributed by atoms with Gasteiger partial charge in [-0.1, -0.05) is 18.2 Å². The summed E-state index contributed by atoms with van der Waals surface area (Å²) in [6.07, 6.45) is 2.68. The Kier molecular flexibility index (Phi) is 5.07. The lowest BCUT2D eigenvalue weighted by Gasteiger charge is -2.33. The number of halogens is 1. The van der Waals surface area contributed by atoms with Crippen molar-refractivity contribution in [1.82, 2.24) is 15.2 Å². The van der Waals surface area contributed by atoms with Gasteiger partial charge in [0.2, 0.25) is 5.91 Å². The monoisotopic (exact) mass is 368 g/mol. The van der Waals surface area contributed by atoms with Crippen molar-refractivity contribution in [1.29, 1.82) is 0 Å². The number of piperazine rings is 1. The number of nitrogens with one attached hydrogen (secondary N) is 1. The molecule has 1 aliphatic heterocycles. The summed E-state index contributed by atoms with van der Waals surface area (Å²) in [6.45, 7) is 4.58. The molecule has 2 aromatic rings. The minimum absolute atomic E-state index is 0.00645. The van der Waals surface area contributed by atoms with Gasteiger partial charge in [-0.3, -0.25) is 4.79 Å². The van der Waals surface area contributed by atoms with Crippen molar-refractivity contribution < 1.29 is 9.18 Å². The minimum atomic E-state index is -0.243. The van der Waals surface area contributed by atoms with Crippen molar-refractivity contribution in [2.45, 2.75) is 18.9 Å². The molecule has 2 atom stereocenters. The molecule has 2 heterocycles. The van der Waals surface area contributed by atoms with Crippen LogP contribution in [0.25, 0.3) is 0 Å². The third-order valence-electron chi connectivity index (χ3n) is 5.53. The zero-order valence-corrected chi connectivity index (χ0v) is 15.6. The molecule has 1 aromatic heterocycles. The molecule has 1 aromatic carbocycles. The molecule has 1 amide bonds. The van der Waals surface area contributed by atoms with Crippen molar-refractivity contribution in [2.75, 3.05) is 38.1 Å². The molecule has 1 saturated heterocycles. The molecule has 1 aliphatic carbocycles. The highest BCUT2D eigenvalue weighted by molar-refractivity contribution is 5.82. The second-order valence-corrected chi connectivity index (χ2v) is 7.53. The highest BCUT2D eigenvalue weighted by Crippen LogP contribution is 2.47. The summed E-state index contributed by atoms with van der Waals surface area (Å²) in [7, 11) is 2.14. The van der Waals surface area contributed by atoms with E-state index in [4.69, 9.17) is 0 Å². The van der Waals surface area contributed by atoms with E-state index in [1.165, 1.54) is 12.1 Å². The molecule has 0 radical (unpaired) electrons. The number of nitrogens with zero attached hydrogens (tertiary/aromatic N) is 3. The number of pyridine rings is 1. The first-order valence-electron chi connectivity index (χ1n) is 9.52. The van der Waals surface area contributed by atoms with Crippen molar-refractivity contribution in [2.24, 2.45) is 5.92 Å². The summed E-state index contributed by atoms with van der Waals surface area (Å²) < 4.78 is 13.0. The van der Waals surface area contributed by atoms with Crippen molar-refractivity contribution in [3.05, 3.63) is 59.5 Å². The molecule has 5 nitrogen and oxygen atoms in total. The van der Waals surface area contributed by atoms with Crippen LogP contribution in [-0.2, 0) is 11.3 Å². The normalized spacial score (nSPS) is 22.5. The first kappa shape index (κ1) is 17.9. The van der Waals surface area contributed by atoms with E-state index in [2.05, 4.69) is 27.1 Å². The standard InChI is InChI=1S/C21H25FN4O/c1-25-8-10-26(11-9-25)20-7-2-15(13-23-20)14-24-21(27)19-12-18(19)16-3-5-17(22)6-4-16/h2-7,13,18-19H,8-12,14H2,1H3,(H,24,27). The number of hydrogen-bond acceptors (Lipinski definition) is 4. The van der Waals surface area contributed by atoms with Crippen LogP contribution in [0.3, 0.4) is 0 Å². The first-order chi connectivity index (χ1) is 13.1. The summed E-state index contributed by atoms with van der Waals surface area (Å²) in [5.41, 5.74) is 2.04. The predicted octanol–water partition coefficient (Wildman–Crippen LogP) is 2.39. The lowest BCUT2D eigenvalue weighted by molar-refractivity contribution is -0.122. The third kappa shape index (κ3) is 4.27. The van der Waals surface area contributed by atoms with E-state index in [0.717, 1.165) is 49.5 Å². The minimum Gasteiger partial charge on any atom is -0.354 e. The van der Waals surface area contributed by atoms with Crippen LogP contribution in [0.4, 0.5) is 10.2 Å². The van der Waals surface area contributed by atoms with E-state index in [0.29, 0.717) is 6.54 Å². The maximum atomic E-state index is 13.0. The number of carbonyl (C=O) groups excluding carboxylic acids is 1. The van der Waals surface area contributed by atoms with Crippen molar-refractivity contribution >= 4 is 11.7 Å². The average molecular weight is 368 g/mol. The smallest absolute Gasteiger partial charge is 0.224 e. The maximum absolute atomic E-state index is 13.0. The molecule has 6 heteroatoms. The van der Waals surface area contributed by atoms with Crippen LogP contribution < -0.4 is 10.2 Å². The van der Waals surface area contributed by atoms with Crippen LogP contribution in [0.2, 0.25) is 0 Å². The molecule has 1 saturated carbocycles. The number of anilines is 1. The Morgan fingerprint density at radius 1 is 1.15 bits per heavy atom. The van der Waals surface area contributed by atoms with Crippen molar-refractivity contribution in [3.8, 4) is 0 Å². The topological polar surface area (TPSA) is 48.5 Å². The number of rotatable bonds is 5. The van der Waals surface area contributed by atoms with Crippen LogP contribution in [0.1, 0.15) is 23.5 Å². The Bertz CT molecular complexity index is 785. The van der Waals surface area contributed by atoms with Gasteiger partial charge < -0.3 is 15.1 Å². The molecule has 1 N–H and O–H groups in total. The summed E-state index contributed by atoms with van der Waals surface area (Å²) in [5.74, 6) is 1.02. The zero-order valence-electron chi connectivity index (χ0n) is 15.6. The second kappa shape index (κ2) is 7.64. The Hall–Kier alpha value is -2.47. The zero-order chi connectivity index (χ0) is 18.8. The van der Waals surface area contributed by atoms with Gasteiger partial charge in [-0.15, -0.1) is 0 Å². The fraction of sp³-hybridized carbons (Fsp3) is 0.429. The van der Waals surface area contributed by atoms with E-state index in [1.807, 2.05) is 18.3 Å². The number of amides is 1. The highest BCUT2D eigenvalue weighted by Gasteiger charge is 2.43. The van der Waals surface area contributed by atoms with Gasteiger partial charge in [0.05, 0.1) is 0 Å². The molecule has 142 valence electrons. The maximum Gasteiger partial charge on any atom is 0.224 e. The number of benzene rings is 1. The van der Waals surface area contributed by atoms with E-state index in [1.54, 1.807) is 12.1 Å². The fourth-order valence-electron chi connectivity index (χ4n) is 3.63. The molecule has 2 fully saturated rings. The highest BCUT2D eigenvalue weighted by atomic mass is 19.1. The van der Waals surface area contributed by atoms with Gasteiger partial charge in [-0.2, -0.15) is 0 Å². The number of aromatic nitrogens is 1. The van der Waals surface area contributed by atoms with E-state index >= 15 is 0 Å². The molecule has 0 spiro atoms. The van der Waals surface area contributed by atoms with E-state index in [-0.39, 0.29) is 23.6 Å². The molecule has 4 rings (SSSR count).